The van der Waals surface area contributed by atoms with Crippen LogP contribution >= 0.6 is 0 Å². The lowest BCUT2D eigenvalue weighted by Crippen LogP contribution is -2.32. The number of aryl methyl sites for hydroxylation is 2. The van der Waals surface area contributed by atoms with E-state index < -0.39 is 0 Å². The fourth-order valence-electron chi connectivity index (χ4n) is 3.24. The number of amides is 2. The molecule has 0 heterocycles. The maximum atomic E-state index is 12.4. The largest absolute Gasteiger partial charge is 0.372 e. The van der Waals surface area contributed by atoms with Crippen LogP contribution in [0.1, 0.15) is 38.3 Å². The SMILES string of the molecule is CCN(CC)c1ccc(NC(=O)CCN(C(C)=O)c2cc(C)ccc2C)cc1. The molecule has 0 saturated carbocycles. The molecule has 0 unspecified atom stereocenters. The summed E-state index contributed by atoms with van der Waals surface area (Å²) < 4.78 is 0. The van der Waals surface area contributed by atoms with Crippen molar-refractivity contribution in [1.82, 2.24) is 0 Å². The van der Waals surface area contributed by atoms with Gasteiger partial charge in [0.15, 0.2) is 0 Å². The molecule has 1 N–H and O–H groups in total. The van der Waals surface area contributed by atoms with E-state index in [1.54, 1.807) is 4.90 Å². The third kappa shape index (κ3) is 5.59. The number of anilines is 3. The molecule has 0 aliphatic carbocycles. The molecule has 0 saturated heterocycles. The lowest BCUT2D eigenvalue weighted by atomic mass is 10.1. The second kappa shape index (κ2) is 9.93. The molecule has 2 amide bonds. The summed E-state index contributed by atoms with van der Waals surface area (Å²) in [5, 5.41) is 2.92. The monoisotopic (exact) mass is 381 g/mol. The van der Waals surface area contributed by atoms with Crippen LogP contribution in [0.25, 0.3) is 0 Å². The minimum absolute atomic E-state index is 0.0647. The van der Waals surface area contributed by atoms with E-state index in [1.807, 2.05) is 56.3 Å². The summed E-state index contributed by atoms with van der Waals surface area (Å²) in [5.41, 5.74) is 4.88. The first-order valence-corrected chi connectivity index (χ1v) is 9.85. The van der Waals surface area contributed by atoms with Gasteiger partial charge in [-0.25, -0.2) is 0 Å². The van der Waals surface area contributed by atoms with Gasteiger partial charge in [0.2, 0.25) is 11.8 Å². The van der Waals surface area contributed by atoms with Crippen LogP contribution in [0.3, 0.4) is 0 Å². The van der Waals surface area contributed by atoms with Crippen molar-refractivity contribution in [2.45, 2.75) is 41.0 Å². The average Bonchev–Trinajstić information content (AvgIpc) is 2.66. The summed E-state index contributed by atoms with van der Waals surface area (Å²) in [6.07, 6.45) is 0.241. The molecule has 2 rings (SSSR count). The van der Waals surface area contributed by atoms with Crippen molar-refractivity contribution in [2.75, 3.05) is 34.8 Å². The zero-order chi connectivity index (χ0) is 20.7. The van der Waals surface area contributed by atoms with E-state index in [1.165, 1.54) is 6.92 Å². The van der Waals surface area contributed by atoms with Crippen LogP contribution in [0.5, 0.6) is 0 Å². The zero-order valence-electron chi connectivity index (χ0n) is 17.6. The van der Waals surface area contributed by atoms with Crippen molar-refractivity contribution in [3.63, 3.8) is 0 Å². The van der Waals surface area contributed by atoms with E-state index >= 15 is 0 Å². The highest BCUT2D eigenvalue weighted by Gasteiger charge is 2.16. The van der Waals surface area contributed by atoms with Gasteiger partial charge in [0.1, 0.15) is 0 Å². The van der Waals surface area contributed by atoms with Crippen molar-refractivity contribution >= 4 is 28.9 Å². The molecule has 0 spiro atoms. The van der Waals surface area contributed by atoms with Crippen molar-refractivity contribution in [3.8, 4) is 0 Å². The predicted octanol–water partition coefficient (Wildman–Crippen LogP) is 4.53. The number of rotatable bonds is 8. The van der Waals surface area contributed by atoms with Gasteiger partial charge in [0.25, 0.3) is 0 Å². The van der Waals surface area contributed by atoms with Crippen LogP contribution in [-0.4, -0.2) is 31.4 Å². The fraction of sp³-hybridized carbons (Fsp3) is 0.391. The summed E-state index contributed by atoms with van der Waals surface area (Å²) in [6.45, 7) is 12.0. The maximum absolute atomic E-state index is 12.4. The predicted molar refractivity (Wildman–Crippen MR) is 117 cm³/mol. The molecule has 0 aliphatic rings. The van der Waals surface area contributed by atoms with Gasteiger partial charge in [-0.3, -0.25) is 9.59 Å². The molecule has 0 atom stereocenters. The van der Waals surface area contributed by atoms with Gasteiger partial charge in [-0.1, -0.05) is 12.1 Å². The number of nitrogens with one attached hydrogen (secondary N) is 1. The van der Waals surface area contributed by atoms with Crippen molar-refractivity contribution in [1.29, 1.82) is 0 Å². The Morgan fingerprint density at radius 2 is 1.61 bits per heavy atom. The third-order valence-corrected chi connectivity index (χ3v) is 4.88. The molecule has 5 nitrogen and oxygen atoms in total. The minimum atomic E-state index is -0.104. The Labute approximate surface area is 168 Å². The number of carbonyl (C=O) groups is 2. The van der Waals surface area contributed by atoms with Crippen LogP contribution in [0, 0.1) is 13.8 Å². The van der Waals surface area contributed by atoms with E-state index in [0.29, 0.717) is 6.54 Å². The number of carbonyl (C=O) groups excluding carboxylic acids is 2. The van der Waals surface area contributed by atoms with Crippen LogP contribution < -0.4 is 15.1 Å². The Balaban J connectivity index is 2.00. The van der Waals surface area contributed by atoms with E-state index in [-0.39, 0.29) is 18.2 Å². The number of hydrogen-bond donors (Lipinski definition) is 1. The molecule has 0 aliphatic heterocycles. The molecule has 5 heteroatoms. The maximum Gasteiger partial charge on any atom is 0.226 e. The van der Waals surface area contributed by atoms with Crippen molar-refractivity contribution in [2.24, 2.45) is 0 Å². The van der Waals surface area contributed by atoms with Crippen LogP contribution in [0.15, 0.2) is 42.5 Å². The highest BCUT2D eigenvalue weighted by atomic mass is 16.2. The molecule has 2 aromatic rings. The normalized spacial score (nSPS) is 10.5. The lowest BCUT2D eigenvalue weighted by Gasteiger charge is -2.23. The molecule has 0 aromatic heterocycles. The fourth-order valence-corrected chi connectivity index (χ4v) is 3.24. The summed E-state index contributed by atoms with van der Waals surface area (Å²) in [7, 11) is 0. The number of nitrogens with zero attached hydrogens (tertiary/aromatic N) is 2. The summed E-state index contributed by atoms with van der Waals surface area (Å²) in [5.74, 6) is -0.169. The third-order valence-electron chi connectivity index (χ3n) is 4.88. The summed E-state index contributed by atoms with van der Waals surface area (Å²) in [6, 6.07) is 13.9. The molecule has 0 bridgehead atoms. The van der Waals surface area contributed by atoms with Crippen LogP contribution in [0.2, 0.25) is 0 Å². The van der Waals surface area contributed by atoms with Crippen molar-refractivity contribution < 1.29 is 9.59 Å². The summed E-state index contributed by atoms with van der Waals surface area (Å²) >= 11 is 0. The van der Waals surface area contributed by atoms with E-state index in [9.17, 15) is 9.59 Å². The minimum Gasteiger partial charge on any atom is -0.372 e. The Morgan fingerprint density at radius 3 is 2.18 bits per heavy atom. The molecule has 2 aromatic carbocycles. The van der Waals surface area contributed by atoms with Crippen LogP contribution in [-0.2, 0) is 9.59 Å². The number of hydrogen-bond acceptors (Lipinski definition) is 3. The smallest absolute Gasteiger partial charge is 0.226 e. The Bertz CT molecular complexity index is 811. The van der Waals surface area contributed by atoms with E-state index in [2.05, 4.69) is 24.1 Å². The molecular weight excluding hydrogens is 350 g/mol. The molecule has 150 valence electrons. The zero-order valence-corrected chi connectivity index (χ0v) is 17.6. The highest BCUT2D eigenvalue weighted by molar-refractivity contribution is 5.95. The van der Waals surface area contributed by atoms with Gasteiger partial charge in [-0.15, -0.1) is 0 Å². The molecule has 28 heavy (non-hydrogen) atoms. The lowest BCUT2D eigenvalue weighted by molar-refractivity contribution is -0.117. The van der Waals surface area contributed by atoms with Gasteiger partial charge < -0.3 is 15.1 Å². The van der Waals surface area contributed by atoms with E-state index in [4.69, 9.17) is 0 Å². The van der Waals surface area contributed by atoms with Gasteiger partial charge >= 0.3 is 0 Å². The van der Waals surface area contributed by atoms with Gasteiger partial charge in [-0.2, -0.15) is 0 Å². The Morgan fingerprint density at radius 1 is 0.964 bits per heavy atom. The second-order valence-corrected chi connectivity index (χ2v) is 6.98. The summed E-state index contributed by atoms with van der Waals surface area (Å²) in [4.78, 5) is 28.4. The Hall–Kier alpha value is -2.82. The number of benzene rings is 2. The first kappa shape index (κ1) is 21.5. The van der Waals surface area contributed by atoms with E-state index in [0.717, 1.165) is 41.3 Å². The van der Waals surface area contributed by atoms with Crippen molar-refractivity contribution in [3.05, 3.63) is 53.6 Å². The molecule has 0 radical (unpaired) electrons. The molecule has 0 fully saturated rings. The van der Waals surface area contributed by atoms with Crippen LogP contribution in [0.4, 0.5) is 17.1 Å². The standard InChI is InChI=1S/C23H31N3O2/c1-6-25(7-2)21-12-10-20(11-13-21)24-23(28)14-15-26(19(5)27)22-16-17(3)8-9-18(22)4/h8-13,16H,6-7,14-15H2,1-5H3,(H,24,28). The first-order valence-electron chi connectivity index (χ1n) is 9.85. The quantitative estimate of drug-likeness (QED) is 0.731. The topological polar surface area (TPSA) is 52.7 Å². The average molecular weight is 382 g/mol. The Kier molecular flexibility index (Phi) is 7.61. The van der Waals surface area contributed by atoms with Gasteiger partial charge in [0.05, 0.1) is 0 Å². The highest BCUT2D eigenvalue weighted by Crippen LogP contribution is 2.22. The first-order chi connectivity index (χ1) is 13.3. The van der Waals surface area contributed by atoms with Gasteiger partial charge in [-0.05, 0) is 69.2 Å². The molecular formula is C23H31N3O2. The second-order valence-electron chi connectivity index (χ2n) is 6.98. The van der Waals surface area contributed by atoms with Gasteiger partial charge in [0, 0.05) is 50.0 Å².